The number of sulfone groups is 1. The molecule has 1 saturated heterocycles. The maximum atomic E-state index is 14.6. The predicted molar refractivity (Wildman–Crippen MR) is 166 cm³/mol. The average Bonchev–Trinajstić information content (AvgIpc) is 3.63. The zero-order chi connectivity index (χ0) is 34.0. The van der Waals surface area contributed by atoms with Gasteiger partial charge in [-0.3, -0.25) is 25.0 Å². The SMILES string of the molecule is CCS(=O)(=O)c1ccc(NC(=O)OC)cc1[C@H]1[C@@H](C=O)CCN1C(=O)[C@H](Nc1ccc2c(c1)C(=O)NC2=O)c1ccc(F)c(OC)c1. The molecule has 3 N–H and O–H groups in total. The van der Waals surface area contributed by atoms with Crippen molar-refractivity contribution in [2.24, 2.45) is 5.92 Å². The summed E-state index contributed by atoms with van der Waals surface area (Å²) in [5.41, 5.74) is 1.07. The van der Waals surface area contributed by atoms with Crippen LogP contribution in [0.4, 0.5) is 20.6 Å². The van der Waals surface area contributed by atoms with Crippen LogP contribution in [-0.2, 0) is 24.2 Å². The topological polar surface area (TPSA) is 177 Å². The summed E-state index contributed by atoms with van der Waals surface area (Å²) in [6.07, 6.45) is 0.0357. The van der Waals surface area contributed by atoms with Crippen LogP contribution in [0.3, 0.4) is 0 Å². The average molecular weight is 667 g/mol. The highest BCUT2D eigenvalue weighted by molar-refractivity contribution is 7.91. The number of methoxy groups -OCH3 is 2. The molecule has 2 aliphatic heterocycles. The van der Waals surface area contributed by atoms with Crippen molar-refractivity contribution in [3.8, 4) is 5.75 Å². The Balaban J connectivity index is 1.63. The number of hydrogen-bond acceptors (Lipinski definition) is 10. The third-order valence-electron chi connectivity index (χ3n) is 8.18. The molecule has 3 atom stereocenters. The molecule has 0 spiro atoms. The molecule has 0 radical (unpaired) electrons. The van der Waals surface area contributed by atoms with Crippen LogP contribution >= 0.6 is 0 Å². The first-order valence-electron chi connectivity index (χ1n) is 14.5. The minimum atomic E-state index is -3.89. The van der Waals surface area contributed by atoms with E-state index in [-0.39, 0.29) is 63.0 Å². The number of amides is 4. The summed E-state index contributed by atoms with van der Waals surface area (Å²) < 4.78 is 50.8. The molecule has 1 fully saturated rings. The minimum Gasteiger partial charge on any atom is -0.494 e. The molecule has 0 aromatic heterocycles. The number of halogens is 1. The molecule has 5 rings (SSSR count). The number of benzene rings is 3. The monoisotopic (exact) mass is 666 g/mol. The first kappa shape index (κ1) is 33.1. The number of fused-ring (bicyclic) bond motifs is 1. The van der Waals surface area contributed by atoms with Crippen molar-refractivity contribution in [3.05, 3.63) is 82.7 Å². The van der Waals surface area contributed by atoms with Gasteiger partial charge in [0.2, 0.25) is 5.91 Å². The lowest BCUT2D eigenvalue weighted by Crippen LogP contribution is -2.39. The largest absolute Gasteiger partial charge is 0.494 e. The van der Waals surface area contributed by atoms with Gasteiger partial charge in [-0.2, -0.15) is 0 Å². The smallest absolute Gasteiger partial charge is 0.411 e. The molecular formula is C32H31FN4O9S. The summed E-state index contributed by atoms with van der Waals surface area (Å²) in [6, 6.07) is 9.88. The highest BCUT2D eigenvalue weighted by atomic mass is 32.2. The number of imide groups is 1. The van der Waals surface area contributed by atoms with Gasteiger partial charge in [0.05, 0.1) is 42.0 Å². The summed E-state index contributed by atoms with van der Waals surface area (Å²) in [6.45, 7) is 1.51. The second-order valence-corrected chi connectivity index (χ2v) is 13.1. The van der Waals surface area contributed by atoms with Crippen molar-refractivity contribution in [2.75, 3.05) is 37.2 Å². The molecule has 2 heterocycles. The van der Waals surface area contributed by atoms with E-state index in [1.54, 1.807) is 0 Å². The highest BCUT2D eigenvalue weighted by Gasteiger charge is 2.43. The quantitative estimate of drug-likeness (QED) is 0.214. The Labute approximate surface area is 269 Å². The van der Waals surface area contributed by atoms with E-state index in [2.05, 4.69) is 20.7 Å². The number of hydrogen-bond donors (Lipinski definition) is 3. The predicted octanol–water partition coefficient (Wildman–Crippen LogP) is 3.63. The van der Waals surface area contributed by atoms with Gasteiger partial charge in [-0.05, 0) is 66.1 Å². The van der Waals surface area contributed by atoms with Gasteiger partial charge in [0.25, 0.3) is 11.8 Å². The van der Waals surface area contributed by atoms with Crippen molar-refractivity contribution in [2.45, 2.75) is 30.3 Å². The van der Waals surface area contributed by atoms with Crippen molar-refractivity contribution >= 4 is 51.3 Å². The maximum absolute atomic E-state index is 14.6. The molecule has 0 saturated carbocycles. The van der Waals surface area contributed by atoms with Gasteiger partial charge in [0, 0.05) is 23.8 Å². The van der Waals surface area contributed by atoms with Gasteiger partial charge in [-0.25, -0.2) is 17.6 Å². The summed E-state index contributed by atoms with van der Waals surface area (Å²) in [5.74, 6) is -3.71. The summed E-state index contributed by atoms with van der Waals surface area (Å²) >= 11 is 0. The van der Waals surface area contributed by atoms with E-state index in [4.69, 9.17) is 4.74 Å². The van der Waals surface area contributed by atoms with Gasteiger partial charge in [0.1, 0.15) is 12.3 Å². The number of carbonyl (C=O) groups excluding carboxylic acids is 5. The van der Waals surface area contributed by atoms with Gasteiger partial charge in [0.15, 0.2) is 21.4 Å². The standard InChI is InChI=1S/C32H31FN4O9S/c1-4-47(43,44)26-10-7-20(35-32(42)46-3)15-23(26)28-18(16-38)11-12-37(28)31(41)27(17-5-9-24(33)25(13-17)45-2)34-19-6-8-21-22(14-19)30(40)36-29(21)39/h5-10,13-16,18,27-28,34H,4,11-12H2,1-3H3,(H,35,42)(H,36,39,40)/t18-,27-,28-/m1/s1. The van der Waals surface area contributed by atoms with Crippen LogP contribution < -0.4 is 20.7 Å². The third-order valence-corrected chi connectivity index (χ3v) is 9.98. The van der Waals surface area contributed by atoms with E-state index in [1.165, 1.54) is 67.5 Å². The fraction of sp³-hybridized carbons (Fsp3) is 0.281. The Morgan fingerprint density at radius 3 is 2.45 bits per heavy atom. The minimum absolute atomic E-state index is 0.0464. The van der Waals surface area contributed by atoms with Crippen LogP contribution in [0.2, 0.25) is 0 Å². The lowest BCUT2D eigenvalue weighted by Gasteiger charge is -2.32. The molecule has 3 aromatic rings. The number of carbonyl (C=O) groups is 5. The lowest BCUT2D eigenvalue weighted by atomic mass is 9.93. The fourth-order valence-corrected chi connectivity index (χ4v) is 6.93. The maximum Gasteiger partial charge on any atom is 0.411 e. The van der Waals surface area contributed by atoms with E-state index in [0.29, 0.717) is 6.29 Å². The van der Waals surface area contributed by atoms with Gasteiger partial charge in [-0.15, -0.1) is 0 Å². The summed E-state index contributed by atoms with van der Waals surface area (Å²) in [4.78, 5) is 64.7. The van der Waals surface area contributed by atoms with Gasteiger partial charge in [-0.1, -0.05) is 13.0 Å². The van der Waals surface area contributed by atoms with E-state index in [1.807, 2.05) is 0 Å². The Kier molecular flexibility index (Phi) is 9.28. The molecule has 47 heavy (non-hydrogen) atoms. The number of likely N-dealkylation sites (tertiary alicyclic amines) is 1. The first-order chi connectivity index (χ1) is 22.4. The van der Waals surface area contributed by atoms with Crippen molar-refractivity contribution in [1.29, 1.82) is 0 Å². The Morgan fingerprint density at radius 1 is 1.04 bits per heavy atom. The second-order valence-electron chi connectivity index (χ2n) is 10.9. The molecule has 0 bridgehead atoms. The van der Waals surface area contributed by atoms with Gasteiger partial charge < -0.3 is 24.5 Å². The molecule has 3 aromatic carbocycles. The number of ether oxygens (including phenoxy) is 2. The Hall–Kier alpha value is -5.31. The van der Waals surface area contributed by atoms with Crippen molar-refractivity contribution in [3.63, 3.8) is 0 Å². The van der Waals surface area contributed by atoms with Crippen LogP contribution in [0.25, 0.3) is 0 Å². The zero-order valence-corrected chi connectivity index (χ0v) is 26.4. The normalized spacial score (nSPS) is 17.8. The summed E-state index contributed by atoms with van der Waals surface area (Å²) in [7, 11) is -1.46. The van der Waals surface area contributed by atoms with Gasteiger partial charge >= 0.3 is 6.09 Å². The Morgan fingerprint density at radius 2 is 1.77 bits per heavy atom. The number of nitrogens with one attached hydrogen (secondary N) is 3. The van der Waals surface area contributed by atoms with E-state index in [9.17, 15) is 36.8 Å². The van der Waals surface area contributed by atoms with E-state index < -0.39 is 57.5 Å². The van der Waals surface area contributed by atoms with Crippen LogP contribution in [0.5, 0.6) is 5.75 Å². The first-order valence-corrected chi connectivity index (χ1v) is 16.1. The number of aldehydes is 1. The molecule has 13 nitrogen and oxygen atoms in total. The molecular weight excluding hydrogens is 635 g/mol. The third kappa shape index (κ3) is 6.38. The Bertz CT molecular complexity index is 1900. The van der Waals surface area contributed by atoms with Crippen molar-refractivity contribution < 1.29 is 46.3 Å². The molecule has 246 valence electrons. The van der Waals surface area contributed by atoms with Crippen LogP contribution in [0.15, 0.2) is 59.5 Å². The zero-order valence-electron chi connectivity index (χ0n) is 25.5. The van der Waals surface area contributed by atoms with Crippen LogP contribution in [0, 0.1) is 11.7 Å². The fourth-order valence-electron chi connectivity index (χ4n) is 5.80. The van der Waals surface area contributed by atoms with E-state index in [0.717, 1.165) is 13.2 Å². The summed E-state index contributed by atoms with van der Waals surface area (Å²) in [5, 5.41) is 7.77. The number of nitrogens with zero attached hydrogens (tertiary/aromatic N) is 1. The van der Waals surface area contributed by atoms with Crippen LogP contribution in [-0.4, -0.2) is 69.9 Å². The van der Waals surface area contributed by atoms with E-state index >= 15 is 0 Å². The molecule has 0 aliphatic carbocycles. The van der Waals surface area contributed by atoms with Crippen LogP contribution in [0.1, 0.15) is 57.3 Å². The lowest BCUT2D eigenvalue weighted by molar-refractivity contribution is -0.133. The molecule has 15 heteroatoms. The molecule has 2 aliphatic rings. The molecule has 4 amide bonds. The highest BCUT2D eigenvalue weighted by Crippen LogP contribution is 2.42. The number of anilines is 2. The molecule has 0 unspecified atom stereocenters. The number of rotatable bonds is 10. The second kappa shape index (κ2) is 13.2. The van der Waals surface area contributed by atoms with Crippen molar-refractivity contribution in [1.82, 2.24) is 10.2 Å².